The lowest BCUT2D eigenvalue weighted by molar-refractivity contribution is 0.414. The molecule has 120 valence electrons. The first-order chi connectivity index (χ1) is 10.7. The van der Waals surface area contributed by atoms with Crippen molar-refractivity contribution < 1.29 is 9.13 Å². The van der Waals surface area contributed by atoms with Crippen LogP contribution in [-0.4, -0.2) is 20.2 Å². The summed E-state index contributed by atoms with van der Waals surface area (Å²) in [4.78, 5) is 0. The van der Waals surface area contributed by atoms with Gasteiger partial charge in [-0.05, 0) is 67.7 Å². The van der Waals surface area contributed by atoms with Crippen LogP contribution in [0.1, 0.15) is 17.5 Å². The molecule has 0 atom stereocenters. The molecular formula is C18H25FN2O. The van der Waals surface area contributed by atoms with Crippen molar-refractivity contribution in [2.45, 2.75) is 19.3 Å². The van der Waals surface area contributed by atoms with Crippen LogP contribution in [0.25, 0.3) is 0 Å². The average molecular weight is 304 g/mol. The molecule has 0 bridgehead atoms. The number of aryl methyl sites for hydroxylation is 1. The van der Waals surface area contributed by atoms with Gasteiger partial charge in [0.2, 0.25) is 0 Å². The van der Waals surface area contributed by atoms with E-state index in [-0.39, 0.29) is 5.82 Å². The predicted octanol–water partition coefficient (Wildman–Crippen LogP) is 2.91. The summed E-state index contributed by atoms with van der Waals surface area (Å²) in [6.45, 7) is 1.38. The van der Waals surface area contributed by atoms with E-state index in [1.807, 2.05) is 18.2 Å². The summed E-state index contributed by atoms with van der Waals surface area (Å²) in [5.74, 6) is 0.720. The first-order valence-corrected chi connectivity index (χ1v) is 7.47. The van der Waals surface area contributed by atoms with Gasteiger partial charge in [0.05, 0.1) is 7.11 Å². The van der Waals surface area contributed by atoms with E-state index < -0.39 is 0 Å². The molecule has 0 spiro atoms. The van der Waals surface area contributed by atoms with Crippen LogP contribution < -0.4 is 16.2 Å². The lowest BCUT2D eigenvalue weighted by Crippen LogP contribution is -2.02. The Morgan fingerprint density at radius 2 is 1.64 bits per heavy atom. The molecule has 2 aromatic rings. The molecule has 0 saturated carbocycles. The maximum atomic E-state index is 12.4. The fraction of sp³-hybridized carbons (Fsp3) is 0.333. The molecule has 0 radical (unpaired) electrons. The number of rotatable bonds is 6. The van der Waals surface area contributed by atoms with Gasteiger partial charge in [0.15, 0.2) is 0 Å². The highest BCUT2D eigenvalue weighted by molar-refractivity contribution is 5.28. The van der Waals surface area contributed by atoms with Gasteiger partial charge < -0.3 is 16.2 Å². The third-order valence-electron chi connectivity index (χ3n) is 3.15. The highest BCUT2D eigenvalue weighted by Crippen LogP contribution is 2.12. The Bertz CT molecular complexity index is 529. The highest BCUT2D eigenvalue weighted by atomic mass is 19.1. The summed E-state index contributed by atoms with van der Waals surface area (Å²) in [5.41, 5.74) is 13.1. The molecule has 2 aromatic carbocycles. The van der Waals surface area contributed by atoms with Crippen molar-refractivity contribution >= 4 is 0 Å². The minimum absolute atomic E-state index is 0.179. The Balaban J connectivity index is 0.000000220. The van der Waals surface area contributed by atoms with Crippen LogP contribution >= 0.6 is 0 Å². The lowest BCUT2D eigenvalue weighted by Gasteiger charge is -2.01. The Hall–Kier alpha value is -1.91. The number of hydrogen-bond donors (Lipinski definition) is 2. The molecule has 4 heteroatoms. The Morgan fingerprint density at radius 3 is 2.23 bits per heavy atom. The van der Waals surface area contributed by atoms with Gasteiger partial charge in [-0.3, -0.25) is 0 Å². The van der Waals surface area contributed by atoms with Crippen LogP contribution in [0.4, 0.5) is 4.39 Å². The molecule has 0 unspecified atom stereocenters. The minimum atomic E-state index is -0.179. The zero-order chi connectivity index (χ0) is 16.2. The van der Waals surface area contributed by atoms with Crippen LogP contribution in [-0.2, 0) is 12.8 Å². The van der Waals surface area contributed by atoms with E-state index in [1.54, 1.807) is 19.2 Å². The third kappa shape index (κ3) is 7.20. The van der Waals surface area contributed by atoms with Crippen molar-refractivity contribution in [1.82, 2.24) is 0 Å². The second kappa shape index (κ2) is 10.8. The van der Waals surface area contributed by atoms with Crippen LogP contribution in [0.15, 0.2) is 48.5 Å². The molecule has 3 nitrogen and oxygen atoms in total. The van der Waals surface area contributed by atoms with Crippen molar-refractivity contribution in [2.75, 3.05) is 20.2 Å². The van der Waals surface area contributed by atoms with Gasteiger partial charge in [0, 0.05) is 0 Å². The Labute approximate surface area is 132 Å². The third-order valence-corrected chi connectivity index (χ3v) is 3.15. The standard InChI is InChI=1S/C9H12FN.C9H13NO/c10-9-5-3-8(4-6-9)2-1-7-11;1-11-9-4-2-3-8(7-9)5-6-10/h3-6H,1-2,7,11H2;2-4,7H,5-6,10H2,1H3. The predicted molar refractivity (Wildman–Crippen MR) is 89.5 cm³/mol. The van der Waals surface area contributed by atoms with Gasteiger partial charge in [-0.15, -0.1) is 0 Å². The molecule has 4 N–H and O–H groups in total. The molecule has 22 heavy (non-hydrogen) atoms. The van der Waals surface area contributed by atoms with Crippen LogP contribution in [0.2, 0.25) is 0 Å². The fourth-order valence-electron chi connectivity index (χ4n) is 1.95. The maximum Gasteiger partial charge on any atom is 0.123 e. The van der Waals surface area contributed by atoms with Crippen LogP contribution in [0, 0.1) is 5.82 Å². The fourth-order valence-corrected chi connectivity index (χ4v) is 1.95. The summed E-state index contributed by atoms with van der Waals surface area (Å²) in [6, 6.07) is 14.5. The minimum Gasteiger partial charge on any atom is -0.497 e. The monoisotopic (exact) mass is 304 g/mol. The smallest absolute Gasteiger partial charge is 0.123 e. The molecule has 0 aliphatic carbocycles. The molecule has 0 aliphatic heterocycles. The Morgan fingerprint density at radius 1 is 0.909 bits per heavy atom. The quantitative estimate of drug-likeness (QED) is 0.862. The molecule has 0 heterocycles. The van der Waals surface area contributed by atoms with E-state index in [0.717, 1.165) is 30.6 Å². The van der Waals surface area contributed by atoms with Gasteiger partial charge >= 0.3 is 0 Å². The number of halogens is 1. The van der Waals surface area contributed by atoms with E-state index in [0.29, 0.717) is 13.1 Å². The summed E-state index contributed by atoms with van der Waals surface area (Å²) in [6.07, 6.45) is 2.82. The Kier molecular flexibility index (Phi) is 8.88. The van der Waals surface area contributed by atoms with Crippen LogP contribution in [0.3, 0.4) is 0 Å². The zero-order valence-corrected chi connectivity index (χ0v) is 13.1. The second-order valence-electron chi connectivity index (χ2n) is 4.91. The van der Waals surface area contributed by atoms with Crippen molar-refractivity contribution in [3.05, 3.63) is 65.5 Å². The summed E-state index contributed by atoms with van der Waals surface area (Å²) < 4.78 is 17.4. The highest BCUT2D eigenvalue weighted by Gasteiger charge is 1.93. The van der Waals surface area contributed by atoms with Gasteiger partial charge in [-0.2, -0.15) is 0 Å². The molecule has 0 aromatic heterocycles. The number of benzene rings is 2. The second-order valence-corrected chi connectivity index (χ2v) is 4.91. The van der Waals surface area contributed by atoms with E-state index in [4.69, 9.17) is 16.2 Å². The van der Waals surface area contributed by atoms with Gasteiger partial charge in [0.1, 0.15) is 11.6 Å². The molecule has 2 rings (SSSR count). The molecule has 0 aliphatic rings. The molecule has 0 amide bonds. The molecule has 0 saturated heterocycles. The molecule has 0 fully saturated rings. The van der Waals surface area contributed by atoms with Crippen LogP contribution in [0.5, 0.6) is 5.75 Å². The van der Waals surface area contributed by atoms with Crippen molar-refractivity contribution in [2.24, 2.45) is 11.5 Å². The zero-order valence-electron chi connectivity index (χ0n) is 13.1. The van der Waals surface area contributed by atoms with Crippen molar-refractivity contribution in [3.8, 4) is 5.75 Å². The van der Waals surface area contributed by atoms with Gasteiger partial charge in [-0.1, -0.05) is 24.3 Å². The lowest BCUT2D eigenvalue weighted by atomic mass is 10.1. The van der Waals surface area contributed by atoms with E-state index in [9.17, 15) is 4.39 Å². The van der Waals surface area contributed by atoms with Crippen molar-refractivity contribution in [3.63, 3.8) is 0 Å². The van der Waals surface area contributed by atoms with E-state index in [1.165, 1.54) is 17.7 Å². The summed E-state index contributed by atoms with van der Waals surface area (Å²) in [5, 5.41) is 0. The number of methoxy groups -OCH3 is 1. The topological polar surface area (TPSA) is 61.3 Å². The summed E-state index contributed by atoms with van der Waals surface area (Å²) >= 11 is 0. The number of ether oxygens (including phenoxy) is 1. The van der Waals surface area contributed by atoms with E-state index >= 15 is 0 Å². The van der Waals surface area contributed by atoms with Gasteiger partial charge in [0.25, 0.3) is 0 Å². The molecular weight excluding hydrogens is 279 g/mol. The largest absolute Gasteiger partial charge is 0.497 e. The maximum absolute atomic E-state index is 12.4. The number of nitrogens with two attached hydrogens (primary N) is 2. The number of hydrogen-bond acceptors (Lipinski definition) is 3. The summed E-state index contributed by atoms with van der Waals surface area (Å²) in [7, 11) is 1.67. The SMILES string of the molecule is COc1cccc(CCN)c1.NCCCc1ccc(F)cc1. The van der Waals surface area contributed by atoms with E-state index in [2.05, 4.69) is 6.07 Å². The first kappa shape index (κ1) is 18.1. The average Bonchev–Trinajstić information content (AvgIpc) is 2.55. The van der Waals surface area contributed by atoms with Crippen molar-refractivity contribution in [1.29, 1.82) is 0 Å². The normalized spacial score (nSPS) is 9.82. The first-order valence-electron chi connectivity index (χ1n) is 7.47. The van der Waals surface area contributed by atoms with Gasteiger partial charge in [-0.25, -0.2) is 4.39 Å².